The van der Waals surface area contributed by atoms with Crippen molar-refractivity contribution in [1.29, 1.82) is 0 Å². The molecule has 0 aromatic heterocycles. The molecule has 0 atom stereocenters. The Kier molecular flexibility index (Phi) is 6.79. The Labute approximate surface area is 163 Å². The molecule has 0 heterocycles. The Bertz CT molecular complexity index is 976. The van der Waals surface area contributed by atoms with Gasteiger partial charge in [0.1, 0.15) is 0 Å². The number of rotatable bonds is 8. The lowest BCUT2D eigenvalue weighted by Gasteiger charge is -2.11. The molecule has 0 aliphatic heterocycles. The van der Waals surface area contributed by atoms with E-state index in [1.807, 2.05) is 0 Å². The number of halogens is 2. The summed E-state index contributed by atoms with van der Waals surface area (Å²) < 4.78 is 52.1. The van der Waals surface area contributed by atoms with Crippen molar-refractivity contribution in [2.75, 3.05) is 21.6 Å². The maximum absolute atomic E-state index is 12.5. The first-order chi connectivity index (χ1) is 12.1. The molecule has 0 bridgehead atoms. The van der Waals surface area contributed by atoms with Crippen LogP contribution in [0.3, 0.4) is 0 Å². The van der Waals surface area contributed by atoms with Gasteiger partial charge in [-0.05, 0) is 48.7 Å². The van der Waals surface area contributed by atoms with Crippen molar-refractivity contribution < 1.29 is 16.8 Å². The maximum atomic E-state index is 12.5. The number of benzene rings is 2. The Morgan fingerprint density at radius 1 is 0.962 bits per heavy atom. The smallest absolute Gasteiger partial charge is 0.261 e. The van der Waals surface area contributed by atoms with Crippen LogP contribution in [-0.2, 0) is 26.5 Å². The fourth-order valence-electron chi connectivity index (χ4n) is 2.18. The van der Waals surface area contributed by atoms with Crippen LogP contribution in [0.2, 0.25) is 5.02 Å². The fourth-order valence-corrected chi connectivity index (χ4v) is 4.23. The number of hydrogen-bond donors (Lipinski definition) is 2. The molecule has 0 aliphatic rings. The second kappa shape index (κ2) is 8.47. The van der Waals surface area contributed by atoms with Crippen molar-refractivity contribution in [2.24, 2.45) is 0 Å². The van der Waals surface area contributed by atoms with Crippen molar-refractivity contribution in [3.63, 3.8) is 0 Å². The van der Waals surface area contributed by atoms with E-state index in [0.29, 0.717) is 5.88 Å². The summed E-state index contributed by atoms with van der Waals surface area (Å²) in [7, 11) is -7.27. The van der Waals surface area contributed by atoms with Crippen LogP contribution in [0.25, 0.3) is 0 Å². The number of aryl methyl sites for hydroxylation is 1. The molecule has 0 radical (unpaired) electrons. The predicted octanol–water partition coefficient (Wildman–Crippen LogP) is 3.68. The third-order valence-electron chi connectivity index (χ3n) is 3.35. The van der Waals surface area contributed by atoms with Crippen LogP contribution in [0.4, 0.5) is 11.4 Å². The zero-order chi connectivity index (χ0) is 19.4. The normalized spacial score (nSPS) is 12.0. The van der Waals surface area contributed by atoms with E-state index in [0.717, 1.165) is 24.7 Å². The summed E-state index contributed by atoms with van der Waals surface area (Å²) >= 11 is 11.7. The molecule has 2 aromatic carbocycles. The molecule has 0 aliphatic carbocycles. The van der Waals surface area contributed by atoms with Crippen molar-refractivity contribution in [1.82, 2.24) is 0 Å². The molecule has 26 heavy (non-hydrogen) atoms. The van der Waals surface area contributed by atoms with E-state index in [-0.39, 0.29) is 21.3 Å². The SMILES string of the molecule is CS(=O)(=O)Nc1ccc(NS(=O)(=O)c2ccc(CCCCl)cc2)cc1Cl. The van der Waals surface area contributed by atoms with Gasteiger partial charge in [0.05, 0.1) is 27.5 Å². The van der Waals surface area contributed by atoms with Gasteiger partial charge in [0.15, 0.2) is 0 Å². The zero-order valence-electron chi connectivity index (χ0n) is 13.9. The van der Waals surface area contributed by atoms with Crippen LogP contribution < -0.4 is 9.44 Å². The summed E-state index contributed by atoms with van der Waals surface area (Å²) in [5.74, 6) is 0.548. The molecule has 10 heteroatoms. The van der Waals surface area contributed by atoms with Gasteiger partial charge in [-0.2, -0.15) is 0 Å². The van der Waals surface area contributed by atoms with Crippen LogP contribution in [0.5, 0.6) is 0 Å². The molecule has 0 amide bonds. The van der Waals surface area contributed by atoms with Gasteiger partial charge in [0.25, 0.3) is 10.0 Å². The molecule has 142 valence electrons. The molecule has 0 fully saturated rings. The van der Waals surface area contributed by atoms with Crippen LogP contribution >= 0.6 is 23.2 Å². The van der Waals surface area contributed by atoms with Gasteiger partial charge in [-0.1, -0.05) is 23.7 Å². The van der Waals surface area contributed by atoms with E-state index in [4.69, 9.17) is 23.2 Å². The van der Waals surface area contributed by atoms with Gasteiger partial charge in [-0.15, -0.1) is 11.6 Å². The first-order valence-corrected chi connectivity index (χ1v) is 11.8. The van der Waals surface area contributed by atoms with Gasteiger partial charge in [-0.25, -0.2) is 16.8 Å². The highest BCUT2D eigenvalue weighted by molar-refractivity contribution is 7.92. The van der Waals surface area contributed by atoms with Gasteiger partial charge < -0.3 is 0 Å². The van der Waals surface area contributed by atoms with Gasteiger partial charge in [0, 0.05) is 5.88 Å². The first-order valence-electron chi connectivity index (χ1n) is 7.56. The zero-order valence-corrected chi connectivity index (χ0v) is 17.0. The summed E-state index contributed by atoms with van der Waals surface area (Å²) in [6.07, 6.45) is 2.59. The molecule has 2 N–H and O–H groups in total. The number of anilines is 2. The number of alkyl halides is 1. The number of hydrogen-bond acceptors (Lipinski definition) is 4. The van der Waals surface area contributed by atoms with E-state index in [1.165, 1.54) is 30.3 Å². The van der Waals surface area contributed by atoms with Crippen LogP contribution in [0, 0.1) is 0 Å². The lowest BCUT2D eigenvalue weighted by molar-refractivity contribution is 0.600. The summed E-state index contributed by atoms with van der Waals surface area (Å²) in [4.78, 5) is 0.113. The average Bonchev–Trinajstić information content (AvgIpc) is 2.54. The molecular formula is C16H18Cl2N2O4S2. The minimum absolute atomic E-state index is 0.0760. The summed E-state index contributed by atoms with van der Waals surface area (Å²) in [5, 5.41) is 0.0760. The van der Waals surface area contributed by atoms with E-state index in [9.17, 15) is 16.8 Å². The number of sulfonamides is 2. The van der Waals surface area contributed by atoms with Crippen molar-refractivity contribution in [3.8, 4) is 0 Å². The highest BCUT2D eigenvalue weighted by Gasteiger charge is 2.15. The van der Waals surface area contributed by atoms with Crippen LogP contribution in [0.1, 0.15) is 12.0 Å². The lowest BCUT2D eigenvalue weighted by Crippen LogP contribution is -2.13. The molecule has 6 nitrogen and oxygen atoms in total. The van der Waals surface area contributed by atoms with Crippen LogP contribution in [0.15, 0.2) is 47.4 Å². The van der Waals surface area contributed by atoms with E-state index in [2.05, 4.69) is 9.44 Å². The molecular weight excluding hydrogens is 419 g/mol. The Balaban J connectivity index is 2.17. The Morgan fingerprint density at radius 2 is 1.62 bits per heavy atom. The quantitative estimate of drug-likeness (QED) is 0.617. The molecule has 0 saturated heterocycles. The maximum Gasteiger partial charge on any atom is 0.261 e. The molecule has 2 rings (SSSR count). The monoisotopic (exact) mass is 436 g/mol. The molecule has 0 saturated carbocycles. The van der Waals surface area contributed by atoms with Gasteiger partial charge in [-0.3, -0.25) is 9.44 Å². The number of nitrogens with one attached hydrogen (secondary N) is 2. The van der Waals surface area contributed by atoms with Crippen LogP contribution in [-0.4, -0.2) is 29.0 Å². The summed E-state index contributed by atoms with van der Waals surface area (Å²) in [6.45, 7) is 0. The Morgan fingerprint density at radius 3 is 2.15 bits per heavy atom. The lowest BCUT2D eigenvalue weighted by atomic mass is 10.1. The largest absolute Gasteiger partial charge is 0.282 e. The van der Waals surface area contributed by atoms with Crippen molar-refractivity contribution >= 4 is 54.6 Å². The second-order valence-electron chi connectivity index (χ2n) is 5.61. The second-order valence-corrected chi connectivity index (χ2v) is 9.83. The Hall–Kier alpha value is -1.48. The minimum Gasteiger partial charge on any atom is -0.282 e. The van der Waals surface area contributed by atoms with Gasteiger partial charge >= 0.3 is 0 Å². The summed E-state index contributed by atoms with van der Waals surface area (Å²) in [5.41, 5.74) is 1.39. The highest BCUT2D eigenvalue weighted by atomic mass is 35.5. The average molecular weight is 437 g/mol. The fraction of sp³-hybridized carbons (Fsp3) is 0.250. The van der Waals surface area contributed by atoms with E-state index >= 15 is 0 Å². The topological polar surface area (TPSA) is 92.3 Å². The molecule has 0 unspecified atom stereocenters. The third kappa shape index (κ3) is 6.05. The molecule has 0 spiro atoms. The van der Waals surface area contributed by atoms with Crippen molar-refractivity contribution in [2.45, 2.75) is 17.7 Å². The summed E-state index contributed by atoms with van der Waals surface area (Å²) in [6, 6.07) is 10.7. The minimum atomic E-state index is -3.79. The van der Waals surface area contributed by atoms with E-state index < -0.39 is 20.0 Å². The molecule has 2 aromatic rings. The third-order valence-corrected chi connectivity index (χ3v) is 5.92. The standard InChI is InChI=1S/C16H18Cl2N2O4S2/c1-25(21,22)20-16-9-6-13(11-15(16)18)19-26(23,24)14-7-4-12(5-8-14)3-2-10-17/h4-9,11,19-20H,2-3,10H2,1H3. The van der Waals surface area contributed by atoms with Crippen molar-refractivity contribution in [3.05, 3.63) is 53.1 Å². The van der Waals surface area contributed by atoms with E-state index in [1.54, 1.807) is 12.1 Å². The van der Waals surface area contributed by atoms with Gasteiger partial charge in [0.2, 0.25) is 10.0 Å². The highest BCUT2D eigenvalue weighted by Crippen LogP contribution is 2.27. The predicted molar refractivity (Wildman–Crippen MR) is 106 cm³/mol. The first kappa shape index (κ1) is 20.8.